The van der Waals surface area contributed by atoms with E-state index < -0.39 is 6.04 Å². The zero-order valence-corrected chi connectivity index (χ0v) is 15.2. The van der Waals surface area contributed by atoms with Crippen molar-refractivity contribution in [3.63, 3.8) is 0 Å². The molecule has 7 heteroatoms. The van der Waals surface area contributed by atoms with E-state index in [2.05, 4.69) is 11.7 Å². The van der Waals surface area contributed by atoms with E-state index in [4.69, 9.17) is 9.47 Å². The first-order valence-corrected chi connectivity index (χ1v) is 8.12. The summed E-state index contributed by atoms with van der Waals surface area (Å²) in [5, 5.41) is 4.40. The normalized spacial score (nSPS) is 11.5. The average molecular weight is 357 g/mol. The molecule has 0 amide bonds. The Morgan fingerprint density at radius 3 is 2.65 bits per heavy atom. The van der Waals surface area contributed by atoms with Crippen LogP contribution in [0.4, 0.5) is 5.82 Å². The van der Waals surface area contributed by atoms with Crippen LogP contribution in [0, 0.1) is 0 Å². The number of benzene rings is 1. The molecular formula is C19H23N3O4. The number of anilines is 1. The first-order chi connectivity index (χ1) is 12.5. The number of methoxy groups -OCH3 is 1. The Morgan fingerprint density at radius 2 is 2.08 bits per heavy atom. The molecule has 0 fully saturated rings. The predicted octanol–water partition coefficient (Wildman–Crippen LogP) is 2.02. The molecule has 1 aromatic carbocycles. The van der Waals surface area contributed by atoms with Gasteiger partial charge in [0.05, 0.1) is 7.11 Å². The van der Waals surface area contributed by atoms with Gasteiger partial charge in [-0.25, -0.2) is 9.48 Å². The van der Waals surface area contributed by atoms with E-state index in [1.807, 2.05) is 12.1 Å². The fourth-order valence-corrected chi connectivity index (χ4v) is 2.52. The lowest BCUT2D eigenvalue weighted by Crippen LogP contribution is -2.41. The molecule has 0 radical (unpaired) electrons. The van der Waals surface area contributed by atoms with Crippen LogP contribution in [-0.2, 0) is 23.0 Å². The number of rotatable bonds is 9. The first-order valence-electron chi connectivity index (χ1n) is 8.12. The van der Waals surface area contributed by atoms with Crippen LogP contribution in [-0.4, -0.2) is 48.8 Å². The minimum atomic E-state index is -0.566. The molecule has 26 heavy (non-hydrogen) atoms. The highest BCUT2D eigenvalue weighted by Crippen LogP contribution is 2.22. The number of hydrogen-bond acceptors (Lipinski definition) is 6. The van der Waals surface area contributed by atoms with E-state index in [0.717, 1.165) is 11.8 Å². The Kier molecular flexibility index (Phi) is 6.54. The fraction of sp³-hybridized carbons (Fsp3) is 0.316. The van der Waals surface area contributed by atoms with Gasteiger partial charge in [-0.05, 0) is 5.56 Å². The van der Waals surface area contributed by atoms with Crippen molar-refractivity contribution in [1.82, 2.24) is 9.78 Å². The van der Waals surface area contributed by atoms with Crippen molar-refractivity contribution in [2.75, 3.05) is 25.7 Å². The molecular weight excluding hydrogens is 334 g/mol. The third-order valence-electron chi connectivity index (χ3n) is 4.02. The zero-order valence-electron chi connectivity index (χ0n) is 15.2. The van der Waals surface area contributed by atoms with Crippen molar-refractivity contribution in [2.45, 2.75) is 12.5 Å². The molecule has 2 rings (SSSR count). The summed E-state index contributed by atoms with van der Waals surface area (Å²) < 4.78 is 12.1. The number of aryl methyl sites for hydroxylation is 1. The molecule has 0 aliphatic carbocycles. The maximum Gasteiger partial charge on any atom is 0.328 e. The number of carbonyl (C=O) groups excluding carboxylic acids is 2. The average Bonchev–Trinajstić information content (AvgIpc) is 3.04. The SMILES string of the molecule is C=CCOc1cc(N(C)[C@@H](Cc2ccc(C=O)cc2)C(=O)OC)nn1C. The van der Waals surface area contributed by atoms with E-state index in [-0.39, 0.29) is 5.97 Å². The van der Waals surface area contributed by atoms with Crippen molar-refractivity contribution in [3.05, 3.63) is 54.1 Å². The van der Waals surface area contributed by atoms with Crippen LogP contribution in [0.1, 0.15) is 15.9 Å². The summed E-state index contributed by atoms with van der Waals surface area (Å²) in [7, 11) is 4.90. The van der Waals surface area contributed by atoms with Gasteiger partial charge in [-0.15, -0.1) is 0 Å². The standard InChI is InChI=1S/C19H23N3O4/c1-5-10-26-18-12-17(20-22(18)3)21(2)16(19(24)25-4)11-14-6-8-15(13-23)9-7-14/h5-9,12-13,16H,1,10-11H2,2-4H3/t16-/m0/s1. The highest BCUT2D eigenvalue weighted by Gasteiger charge is 2.27. The molecule has 1 atom stereocenters. The lowest BCUT2D eigenvalue weighted by atomic mass is 10.0. The van der Waals surface area contributed by atoms with E-state index in [0.29, 0.717) is 30.3 Å². The Labute approximate surface area is 152 Å². The Balaban J connectivity index is 2.23. The van der Waals surface area contributed by atoms with Crippen LogP contribution >= 0.6 is 0 Å². The minimum Gasteiger partial charge on any atom is -0.474 e. The number of aldehydes is 1. The Bertz CT molecular complexity index is 768. The van der Waals surface area contributed by atoms with E-state index in [1.54, 1.807) is 48.0 Å². The Morgan fingerprint density at radius 1 is 1.38 bits per heavy atom. The number of esters is 1. The van der Waals surface area contributed by atoms with Gasteiger partial charge >= 0.3 is 5.97 Å². The summed E-state index contributed by atoms with van der Waals surface area (Å²) in [5.41, 5.74) is 1.50. The van der Waals surface area contributed by atoms with Crippen LogP contribution in [0.15, 0.2) is 43.0 Å². The van der Waals surface area contributed by atoms with Gasteiger partial charge in [-0.1, -0.05) is 36.9 Å². The van der Waals surface area contributed by atoms with Crippen LogP contribution in [0.3, 0.4) is 0 Å². The molecule has 0 aliphatic rings. The summed E-state index contributed by atoms with van der Waals surface area (Å²) in [6.07, 6.45) is 2.85. The van der Waals surface area contributed by atoms with Crippen molar-refractivity contribution in [2.24, 2.45) is 7.05 Å². The largest absolute Gasteiger partial charge is 0.474 e. The zero-order chi connectivity index (χ0) is 19.1. The van der Waals surface area contributed by atoms with Crippen LogP contribution in [0.5, 0.6) is 5.88 Å². The quantitative estimate of drug-likeness (QED) is 0.388. The highest BCUT2D eigenvalue weighted by molar-refractivity contribution is 5.80. The van der Waals surface area contributed by atoms with E-state index in [9.17, 15) is 9.59 Å². The third-order valence-corrected chi connectivity index (χ3v) is 4.02. The topological polar surface area (TPSA) is 73.7 Å². The summed E-state index contributed by atoms with van der Waals surface area (Å²) in [6, 6.07) is 8.28. The second-order valence-electron chi connectivity index (χ2n) is 5.78. The number of aromatic nitrogens is 2. The molecule has 1 heterocycles. The van der Waals surface area contributed by atoms with Gasteiger partial charge in [0.25, 0.3) is 0 Å². The summed E-state index contributed by atoms with van der Waals surface area (Å²) in [4.78, 5) is 24.9. The molecule has 1 aromatic heterocycles. The third kappa shape index (κ3) is 4.50. The van der Waals surface area contributed by atoms with Gasteiger partial charge in [-0.2, -0.15) is 5.10 Å². The summed E-state index contributed by atoms with van der Waals surface area (Å²) in [5.74, 6) is 0.795. The number of carbonyl (C=O) groups is 2. The Hall–Kier alpha value is -3.09. The number of likely N-dealkylation sites (N-methyl/N-ethyl adjacent to an activating group) is 1. The first kappa shape index (κ1) is 19.2. The molecule has 138 valence electrons. The molecule has 7 nitrogen and oxygen atoms in total. The molecule has 0 spiro atoms. The van der Waals surface area contributed by atoms with Gasteiger partial charge in [-0.3, -0.25) is 4.79 Å². The molecule has 0 saturated heterocycles. The monoisotopic (exact) mass is 357 g/mol. The van der Waals surface area contributed by atoms with Crippen LogP contribution in [0.25, 0.3) is 0 Å². The van der Waals surface area contributed by atoms with Crippen molar-refractivity contribution in [3.8, 4) is 5.88 Å². The highest BCUT2D eigenvalue weighted by atomic mass is 16.5. The van der Waals surface area contributed by atoms with Gasteiger partial charge in [0.2, 0.25) is 5.88 Å². The summed E-state index contributed by atoms with van der Waals surface area (Å²) in [6.45, 7) is 3.99. The molecule has 0 aliphatic heterocycles. The number of ether oxygens (including phenoxy) is 2. The van der Waals surface area contributed by atoms with Crippen molar-refractivity contribution >= 4 is 18.1 Å². The van der Waals surface area contributed by atoms with Crippen LogP contribution in [0.2, 0.25) is 0 Å². The van der Waals surface area contributed by atoms with Crippen LogP contribution < -0.4 is 9.64 Å². The lowest BCUT2D eigenvalue weighted by Gasteiger charge is -2.26. The molecule has 0 bridgehead atoms. The minimum absolute atomic E-state index is 0.367. The predicted molar refractivity (Wildman–Crippen MR) is 98.6 cm³/mol. The molecule has 2 aromatic rings. The van der Waals surface area contributed by atoms with Gasteiger partial charge in [0.15, 0.2) is 5.82 Å². The molecule has 0 saturated carbocycles. The fourth-order valence-electron chi connectivity index (χ4n) is 2.52. The van der Waals surface area contributed by atoms with Gasteiger partial charge in [0.1, 0.15) is 18.9 Å². The molecule has 0 N–H and O–H groups in total. The smallest absolute Gasteiger partial charge is 0.328 e. The van der Waals surface area contributed by atoms with Gasteiger partial charge in [0, 0.05) is 32.1 Å². The van der Waals surface area contributed by atoms with Crippen molar-refractivity contribution < 1.29 is 19.1 Å². The maximum absolute atomic E-state index is 12.3. The maximum atomic E-state index is 12.3. The number of nitrogens with zero attached hydrogens (tertiary/aromatic N) is 3. The van der Waals surface area contributed by atoms with E-state index in [1.165, 1.54) is 7.11 Å². The van der Waals surface area contributed by atoms with E-state index >= 15 is 0 Å². The summed E-state index contributed by atoms with van der Waals surface area (Å²) >= 11 is 0. The lowest BCUT2D eigenvalue weighted by molar-refractivity contribution is -0.142. The van der Waals surface area contributed by atoms with Crippen molar-refractivity contribution in [1.29, 1.82) is 0 Å². The number of hydrogen-bond donors (Lipinski definition) is 0. The molecule has 0 unspecified atom stereocenters. The second-order valence-corrected chi connectivity index (χ2v) is 5.78. The van der Waals surface area contributed by atoms with Gasteiger partial charge < -0.3 is 14.4 Å². The second kappa shape index (κ2) is 8.84.